The molecule has 1 aromatic heterocycles. The van der Waals surface area contributed by atoms with Gasteiger partial charge in [0, 0.05) is 12.6 Å². The number of thiophene rings is 1. The molecule has 3 nitrogen and oxygen atoms in total. The third-order valence-electron chi connectivity index (χ3n) is 2.19. The number of hydrogen-bond acceptors (Lipinski definition) is 3. The van der Waals surface area contributed by atoms with Gasteiger partial charge >= 0.3 is 0 Å². The smallest absolute Gasteiger partial charge is 0.207 e. The molecule has 0 aliphatic heterocycles. The Morgan fingerprint density at radius 2 is 1.83 bits per heavy atom. The maximum Gasteiger partial charge on any atom is 0.241 e. The minimum Gasteiger partial charge on any atom is -0.207 e. The van der Waals surface area contributed by atoms with Crippen LogP contribution in [0.4, 0.5) is 8.78 Å². The molecule has 96 valence electrons. The maximum atomic E-state index is 12.9. The summed E-state index contributed by atoms with van der Waals surface area (Å²) in [5, 5.41) is 3.60. The average Bonchev–Trinajstić information content (AvgIpc) is 2.78. The SMILES string of the molecule is O=S(=O)(NCc1ccsc1)c1cc(F)cc(F)c1. The van der Waals surface area contributed by atoms with Crippen LogP contribution in [-0.2, 0) is 16.6 Å². The Morgan fingerprint density at radius 1 is 1.17 bits per heavy atom. The normalized spacial score (nSPS) is 11.7. The summed E-state index contributed by atoms with van der Waals surface area (Å²) in [5.74, 6) is -1.85. The van der Waals surface area contributed by atoms with Gasteiger partial charge < -0.3 is 0 Å². The van der Waals surface area contributed by atoms with Gasteiger partial charge in [0.15, 0.2) is 0 Å². The van der Waals surface area contributed by atoms with Gasteiger partial charge in [-0.3, -0.25) is 0 Å². The zero-order valence-corrected chi connectivity index (χ0v) is 10.7. The van der Waals surface area contributed by atoms with Crippen molar-refractivity contribution >= 4 is 21.4 Å². The Balaban J connectivity index is 2.20. The Labute approximate surface area is 107 Å². The van der Waals surface area contributed by atoms with E-state index in [1.54, 1.807) is 11.4 Å². The Hall–Kier alpha value is -1.31. The third-order valence-corrected chi connectivity index (χ3v) is 4.31. The molecule has 1 N–H and O–H groups in total. The molecular formula is C11H9F2NO2S2. The van der Waals surface area contributed by atoms with Crippen molar-refractivity contribution in [3.63, 3.8) is 0 Å². The summed E-state index contributed by atoms with van der Waals surface area (Å²) < 4.78 is 51.7. The lowest BCUT2D eigenvalue weighted by molar-refractivity contribution is 0.561. The summed E-state index contributed by atoms with van der Waals surface area (Å²) in [6, 6.07) is 3.94. The van der Waals surface area contributed by atoms with Gasteiger partial charge in [0.25, 0.3) is 0 Å². The van der Waals surface area contributed by atoms with E-state index in [1.807, 2.05) is 5.38 Å². The summed E-state index contributed by atoms with van der Waals surface area (Å²) in [6.07, 6.45) is 0. The van der Waals surface area contributed by atoms with E-state index in [9.17, 15) is 17.2 Å². The second-order valence-electron chi connectivity index (χ2n) is 3.56. The van der Waals surface area contributed by atoms with E-state index < -0.39 is 26.6 Å². The van der Waals surface area contributed by atoms with Crippen LogP contribution in [0, 0.1) is 11.6 Å². The van der Waals surface area contributed by atoms with Gasteiger partial charge in [-0.1, -0.05) is 0 Å². The molecule has 0 saturated heterocycles. The summed E-state index contributed by atoms with van der Waals surface area (Å²) in [5.41, 5.74) is 0.792. The van der Waals surface area contributed by atoms with Crippen LogP contribution in [0.2, 0.25) is 0 Å². The molecule has 0 spiro atoms. The zero-order valence-electron chi connectivity index (χ0n) is 9.06. The minimum atomic E-state index is -3.91. The first-order valence-corrected chi connectivity index (χ1v) is 7.37. The fourth-order valence-corrected chi connectivity index (χ4v) is 3.07. The first-order chi connectivity index (χ1) is 8.47. The summed E-state index contributed by atoms with van der Waals surface area (Å²) in [4.78, 5) is -0.421. The van der Waals surface area contributed by atoms with Crippen molar-refractivity contribution in [3.05, 3.63) is 52.2 Å². The van der Waals surface area contributed by atoms with Gasteiger partial charge in [-0.05, 0) is 34.5 Å². The van der Waals surface area contributed by atoms with E-state index in [4.69, 9.17) is 0 Å². The van der Waals surface area contributed by atoms with E-state index >= 15 is 0 Å². The van der Waals surface area contributed by atoms with E-state index in [2.05, 4.69) is 4.72 Å². The molecule has 0 amide bonds. The van der Waals surface area contributed by atoms with Crippen LogP contribution < -0.4 is 4.72 Å². The molecule has 18 heavy (non-hydrogen) atoms. The van der Waals surface area contributed by atoms with Crippen LogP contribution in [0.1, 0.15) is 5.56 Å². The lowest BCUT2D eigenvalue weighted by atomic mass is 10.3. The van der Waals surface area contributed by atoms with Gasteiger partial charge in [0.05, 0.1) is 4.90 Å². The summed E-state index contributed by atoms with van der Waals surface area (Å²) >= 11 is 1.44. The highest BCUT2D eigenvalue weighted by Gasteiger charge is 2.16. The molecule has 0 unspecified atom stereocenters. The Morgan fingerprint density at radius 3 is 2.39 bits per heavy atom. The van der Waals surface area contributed by atoms with Gasteiger partial charge in [0.2, 0.25) is 10.0 Å². The van der Waals surface area contributed by atoms with Crippen molar-refractivity contribution in [1.82, 2.24) is 4.72 Å². The number of halogens is 2. The predicted octanol–water partition coefficient (Wildman–Crippen LogP) is 2.50. The van der Waals surface area contributed by atoms with Gasteiger partial charge in [-0.2, -0.15) is 11.3 Å². The number of rotatable bonds is 4. The molecule has 2 aromatic rings. The lowest BCUT2D eigenvalue weighted by Crippen LogP contribution is -2.23. The van der Waals surface area contributed by atoms with Gasteiger partial charge in [-0.15, -0.1) is 0 Å². The van der Waals surface area contributed by atoms with Crippen LogP contribution in [0.15, 0.2) is 39.9 Å². The molecular weight excluding hydrogens is 280 g/mol. The highest BCUT2D eigenvalue weighted by molar-refractivity contribution is 7.89. The second kappa shape index (κ2) is 5.13. The molecule has 1 aromatic carbocycles. The molecule has 7 heteroatoms. The van der Waals surface area contributed by atoms with Gasteiger partial charge in [-0.25, -0.2) is 21.9 Å². The molecule has 0 atom stereocenters. The van der Waals surface area contributed by atoms with Crippen LogP contribution in [0.3, 0.4) is 0 Å². The number of hydrogen-bond donors (Lipinski definition) is 1. The molecule has 1 heterocycles. The van der Waals surface area contributed by atoms with Crippen molar-refractivity contribution in [1.29, 1.82) is 0 Å². The average molecular weight is 289 g/mol. The highest BCUT2D eigenvalue weighted by Crippen LogP contribution is 2.14. The van der Waals surface area contributed by atoms with E-state index in [0.717, 1.165) is 17.7 Å². The second-order valence-corrected chi connectivity index (χ2v) is 6.11. The molecule has 0 bridgehead atoms. The minimum absolute atomic E-state index is 0.0873. The largest absolute Gasteiger partial charge is 0.241 e. The van der Waals surface area contributed by atoms with Crippen LogP contribution >= 0.6 is 11.3 Å². The molecule has 2 rings (SSSR count). The number of sulfonamides is 1. The monoisotopic (exact) mass is 289 g/mol. The number of benzene rings is 1. The predicted molar refractivity (Wildman–Crippen MR) is 64.7 cm³/mol. The molecule has 0 radical (unpaired) electrons. The van der Waals surface area contributed by atoms with Crippen molar-refractivity contribution in [2.75, 3.05) is 0 Å². The van der Waals surface area contributed by atoms with Crippen molar-refractivity contribution in [3.8, 4) is 0 Å². The third kappa shape index (κ3) is 3.12. The molecule has 0 aliphatic rings. The van der Waals surface area contributed by atoms with Crippen molar-refractivity contribution < 1.29 is 17.2 Å². The Bertz CT molecular complexity index is 619. The van der Waals surface area contributed by atoms with Crippen molar-refractivity contribution in [2.24, 2.45) is 0 Å². The molecule has 0 aliphatic carbocycles. The zero-order chi connectivity index (χ0) is 13.2. The quantitative estimate of drug-likeness (QED) is 0.940. The van der Waals surface area contributed by atoms with E-state index in [0.29, 0.717) is 6.07 Å². The fourth-order valence-electron chi connectivity index (χ4n) is 1.34. The van der Waals surface area contributed by atoms with E-state index in [1.165, 1.54) is 11.3 Å². The summed E-state index contributed by atoms with van der Waals surface area (Å²) in [7, 11) is -3.91. The first kappa shape index (κ1) is 13.1. The summed E-state index contributed by atoms with van der Waals surface area (Å²) in [6.45, 7) is 0.0873. The van der Waals surface area contributed by atoms with Crippen LogP contribution in [0.5, 0.6) is 0 Å². The van der Waals surface area contributed by atoms with Crippen molar-refractivity contribution in [2.45, 2.75) is 11.4 Å². The highest BCUT2D eigenvalue weighted by atomic mass is 32.2. The topological polar surface area (TPSA) is 46.2 Å². The van der Waals surface area contributed by atoms with Crippen LogP contribution in [0.25, 0.3) is 0 Å². The maximum absolute atomic E-state index is 12.9. The number of nitrogens with one attached hydrogen (secondary N) is 1. The van der Waals surface area contributed by atoms with E-state index in [-0.39, 0.29) is 6.54 Å². The standard InChI is InChI=1S/C11H9F2NO2S2/c12-9-3-10(13)5-11(4-9)18(15,16)14-6-8-1-2-17-7-8/h1-5,7,14H,6H2. The molecule has 0 fully saturated rings. The van der Waals surface area contributed by atoms with Gasteiger partial charge in [0.1, 0.15) is 11.6 Å². The fraction of sp³-hybridized carbons (Fsp3) is 0.0909. The first-order valence-electron chi connectivity index (χ1n) is 4.94. The Kier molecular flexibility index (Phi) is 3.74. The lowest BCUT2D eigenvalue weighted by Gasteiger charge is -2.06. The molecule has 0 saturated carbocycles. The van der Waals surface area contributed by atoms with Crippen LogP contribution in [-0.4, -0.2) is 8.42 Å².